The van der Waals surface area contributed by atoms with Gasteiger partial charge in [0, 0.05) is 30.6 Å². The van der Waals surface area contributed by atoms with Crippen LogP contribution in [-0.2, 0) is 4.79 Å². The molecule has 2 rings (SSSR count). The van der Waals surface area contributed by atoms with E-state index in [0.29, 0.717) is 24.5 Å². The first kappa shape index (κ1) is 12.8. The fourth-order valence-electron chi connectivity index (χ4n) is 3.31. The van der Waals surface area contributed by atoms with Gasteiger partial charge in [-0.1, -0.05) is 6.42 Å². The molecular formula is C13H25N3O. The Morgan fingerprint density at radius 1 is 1.41 bits per heavy atom. The predicted octanol–water partition coefficient (Wildman–Crippen LogP) is 0.855. The number of nitrogens with two attached hydrogens (primary N) is 1. The summed E-state index contributed by atoms with van der Waals surface area (Å²) in [6.45, 7) is 1.88. The lowest BCUT2D eigenvalue weighted by atomic mass is 9.82. The van der Waals surface area contributed by atoms with E-state index in [0.717, 1.165) is 12.8 Å². The van der Waals surface area contributed by atoms with Gasteiger partial charge in [-0.2, -0.15) is 0 Å². The van der Waals surface area contributed by atoms with Gasteiger partial charge in [-0.3, -0.25) is 4.79 Å². The normalized spacial score (nSPS) is 35.4. The zero-order valence-corrected chi connectivity index (χ0v) is 11.0. The number of hydrogen-bond acceptors (Lipinski definition) is 3. The molecule has 2 heterocycles. The van der Waals surface area contributed by atoms with E-state index in [-0.39, 0.29) is 11.9 Å². The monoisotopic (exact) mass is 239 g/mol. The number of piperidine rings is 2. The number of nitrogens with zero attached hydrogens (tertiary/aromatic N) is 1. The highest BCUT2D eigenvalue weighted by Gasteiger charge is 2.36. The molecule has 3 atom stereocenters. The second-order valence-corrected chi connectivity index (χ2v) is 5.82. The Balaban J connectivity index is 1.85. The van der Waals surface area contributed by atoms with Gasteiger partial charge in [-0.15, -0.1) is 0 Å². The standard InChI is InChI=1S/C13H25N3O/c1-9(14)6-13(17)15-10-7-11-4-3-5-12(8-10)16(11)2/h9-12H,3-8,14H2,1-2H3,(H,15,17). The minimum absolute atomic E-state index is 0.0410. The number of hydrogen-bond donors (Lipinski definition) is 2. The molecule has 0 radical (unpaired) electrons. The van der Waals surface area contributed by atoms with Crippen LogP contribution in [0.2, 0.25) is 0 Å². The molecule has 4 nitrogen and oxygen atoms in total. The fraction of sp³-hybridized carbons (Fsp3) is 0.923. The van der Waals surface area contributed by atoms with Gasteiger partial charge in [0.25, 0.3) is 0 Å². The maximum absolute atomic E-state index is 11.7. The Hall–Kier alpha value is -0.610. The molecule has 0 aromatic heterocycles. The third-order valence-corrected chi connectivity index (χ3v) is 4.21. The first-order chi connectivity index (χ1) is 8.06. The zero-order valence-electron chi connectivity index (χ0n) is 11.0. The van der Waals surface area contributed by atoms with Crippen LogP contribution in [-0.4, -0.2) is 42.0 Å². The van der Waals surface area contributed by atoms with Crippen molar-refractivity contribution in [1.29, 1.82) is 0 Å². The van der Waals surface area contributed by atoms with Crippen molar-refractivity contribution in [2.75, 3.05) is 7.05 Å². The van der Waals surface area contributed by atoms with Crippen LogP contribution >= 0.6 is 0 Å². The zero-order chi connectivity index (χ0) is 12.4. The molecule has 4 heteroatoms. The molecule has 0 aromatic rings. The van der Waals surface area contributed by atoms with E-state index in [1.54, 1.807) is 0 Å². The van der Waals surface area contributed by atoms with Crippen molar-refractivity contribution >= 4 is 5.91 Å². The molecule has 0 aliphatic carbocycles. The molecule has 0 saturated carbocycles. The summed E-state index contributed by atoms with van der Waals surface area (Å²) in [5, 5.41) is 3.15. The van der Waals surface area contributed by atoms with Crippen molar-refractivity contribution in [3.8, 4) is 0 Å². The highest BCUT2D eigenvalue weighted by molar-refractivity contribution is 5.76. The molecule has 3 N–H and O–H groups in total. The van der Waals surface area contributed by atoms with Gasteiger partial charge in [0.1, 0.15) is 0 Å². The predicted molar refractivity (Wildman–Crippen MR) is 68.6 cm³/mol. The van der Waals surface area contributed by atoms with Crippen LogP contribution < -0.4 is 11.1 Å². The average molecular weight is 239 g/mol. The molecule has 2 bridgehead atoms. The van der Waals surface area contributed by atoms with Gasteiger partial charge in [0.15, 0.2) is 0 Å². The Labute approximate surface area is 104 Å². The van der Waals surface area contributed by atoms with Gasteiger partial charge >= 0.3 is 0 Å². The second kappa shape index (κ2) is 5.36. The van der Waals surface area contributed by atoms with E-state index >= 15 is 0 Å². The number of fused-ring (bicyclic) bond motifs is 2. The molecule has 3 unspecified atom stereocenters. The van der Waals surface area contributed by atoms with E-state index in [9.17, 15) is 4.79 Å². The lowest BCUT2D eigenvalue weighted by Gasteiger charge is -2.47. The van der Waals surface area contributed by atoms with Crippen LogP contribution in [0, 0.1) is 0 Å². The van der Waals surface area contributed by atoms with E-state index in [2.05, 4.69) is 17.3 Å². The number of amides is 1. The van der Waals surface area contributed by atoms with Crippen LogP contribution in [0.3, 0.4) is 0 Å². The van der Waals surface area contributed by atoms with Crippen LogP contribution in [0.15, 0.2) is 0 Å². The molecule has 2 fully saturated rings. The molecular weight excluding hydrogens is 214 g/mol. The third kappa shape index (κ3) is 3.19. The highest BCUT2D eigenvalue weighted by Crippen LogP contribution is 2.32. The smallest absolute Gasteiger partial charge is 0.221 e. The van der Waals surface area contributed by atoms with Gasteiger partial charge in [-0.25, -0.2) is 0 Å². The molecule has 1 amide bonds. The average Bonchev–Trinajstić information content (AvgIpc) is 2.18. The summed E-state index contributed by atoms with van der Waals surface area (Å²) in [6.07, 6.45) is 6.58. The van der Waals surface area contributed by atoms with Crippen LogP contribution in [0.25, 0.3) is 0 Å². The SMILES string of the molecule is CC(N)CC(=O)NC1CC2CCCC(C1)N2C. The summed E-state index contributed by atoms with van der Waals surface area (Å²) in [4.78, 5) is 14.2. The Morgan fingerprint density at radius 2 is 2.00 bits per heavy atom. The highest BCUT2D eigenvalue weighted by atomic mass is 16.1. The largest absolute Gasteiger partial charge is 0.353 e. The van der Waals surface area contributed by atoms with Gasteiger partial charge in [0.2, 0.25) is 5.91 Å². The van der Waals surface area contributed by atoms with E-state index in [4.69, 9.17) is 5.73 Å². The first-order valence-corrected chi connectivity index (χ1v) is 6.83. The van der Waals surface area contributed by atoms with Gasteiger partial charge < -0.3 is 16.0 Å². The summed E-state index contributed by atoms with van der Waals surface area (Å²) < 4.78 is 0. The minimum atomic E-state index is -0.0410. The number of nitrogens with one attached hydrogen (secondary N) is 1. The van der Waals surface area contributed by atoms with Crippen molar-refractivity contribution in [3.05, 3.63) is 0 Å². The van der Waals surface area contributed by atoms with E-state index < -0.39 is 0 Å². The lowest BCUT2D eigenvalue weighted by molar-refractivity contribution is -0.122. The van der Waals surface area contributed by atoms with Crippen LogP contribution in [0.1, 0.15) is 45.4 Å². The van der Waals surface area contributed by atoms with E-state index in [1.165, 1.54) is 19.3 Å². The van der Waals surface area contributed by atoms with Crippen molar-refractivity contribution in [2.24, 2.45) is 5.73 Å². The summed E-state index contributed by atoms with van der Waals surface area (Å²) in [6, 6.07) is 1.67. The van der Waals surface area contributed by atoms with Crippen LogP contribution in [0.5, 0.6) is 0 Å². The summed E-state index contributed by atoms with van der Waals surface area (Å²) >= 11 is 0. The number of rotatable bonds is 3. The van der Waals surface area contributed by atoms with Crippen molar-refractivity contribution in [2.45, 2.75) is 69.6 Å². The second-order valence-electron chi connectivity index (χ2n) is 5.82. The quantitative estimate of drug-likeness (QED) is 0.768. The molecule has 0 spiro atoms. The third-order valence-electron chi connectivity index (χ3n) is 4.21. The Bertz CT molecular complexity index is 266. The van der Waals surface area contributed by atoms with Crippen molar-refractivity contribution < 1.29 is 4.79 Å². The molecule has 2 aliphatic heterocycles. The molecule has 2 saturated heterocycles. The maximum atomic E-state index is 11.7. The van der Waals surface area contributed by atoms with Crippen molar-refractivity contribution in [1.82, 2.24) is 10.2 Å². The summed E-state index contributed by atoms with van der Waals surface area (Å²) in [7, 11) is 2.23. The topological polar surface area (TPSA) is 58.4 Å². The molecule has 17 heavy (non-hydrogen) atoms. The fourth-order valence-corrected chi connectivity index (χ4v) is 3.31. The van der Waals surface area contributed by atoms with E-state index in [1.807, 2.05) is 6.92 Å². The number of carbonyl (C=O) groups excluding carboxylic acids is 1. The summed E-state index contributed by atoms with van der Waals surface area (Å²) in [5.74, 6) is 0.118. The van der Waals surface area contributed by atoms with Crippen LogP contribution in [0.4, 0.5) is 0 Å². The Morgan fingerprint density at radius 3 is 2.53 bits per heavy atom. The van der Waals surface area contributed by atoms with Gasteiger partial charge in [-0.05, 0) is 39.7 Å². The van der Waals surface area contributed by atoms with Gasteiger partial charge in [0.05, 0.1) is 0 Å². The maximum Gasteiger partial charge on any atom is 0.221 e. The summed E-state index contributed by atoms with van der Waals surface area (Å²) in [5.41, 5.74) is 5.64. The number of carbonyl (C=O) groups is 1. The minimum Gasteiger partial charge on any atom is -0.353 e. The first-order valence-electron chi connectivity index (χ1n) is 6.83. The molecule has 2 aliphatic rings. The molecule has 0 aromatic carbocycles. The lowest BCUT2D eigenvalue weighted by Crippen LogP contribution is -2.55. The Kier molecular flexibility index (Phi) is 4.05. The van der Waals surface area contributed by atoms with Crippen molar-refractivity contribution in [3.63, 3.8) is 0 Å². The molecule has 98 valence electrons.